The first kappa shape index (κ1) is 13.4. The predicted molar refractivity (Wildman–Crippen MR) is 63.2 cm³/mol. The van der Waals surface area contributed by atoms with Crippen molar-refractivity contribution in [3.05, 3.63) is 11.6 Å². The lowest BCUT2D eigenvalue weighted by Gasteiger charge is -2.25. The third-order valence-corrected chi connectivity index (χ3v) is 2.94. The molecule has 2 atom stereocenters. The Morgan fingerprint density at radius 2 is 1.81 bits per heavy atom. The minimum Gasteiger partial charge on any atom is -0.343 e. The minimum atomic E-state index is -0.824. The van der Waals surface area contributed by atoms with E-state index < -0.39 is 11.4 Å². The summed E-state index contributed by atoms with van der Waals surface area (Å²) in [5, 5.41) is 0. The highest BCUT2D eigenvalue weighted by Gasteiger charge is 2.52. The van der Waals surface area contributed by atoms with Crippen LogP contribution in [0, 0.1) is 0 Å². The van der Waals surface area contributed by atoms with Gasteiger partial charge in [0.25, 0.3) is 0 Å². The van der Waals surface area contributed by atoms with Crippen LogP contribution in [0.3, 0.4) is 0 Å². The van der Waals surface area contributed by atoms with Gasteiger partial charge in [0.2, 0.25) is 0 Å². The molecule has 16 heavy (non-hydrogen) atoms. The lowest BCUT2D eigenvalue weighted by molar-refractivity contribution is -0.168. The van der Waals surface area contributed by atoms with Crippen LogP contribution in [-0.4, -0.2) is 23.3 Å². The number of carbonyl (C=O) groups excluding carboxylic acids is 1. The summed E-state index contributed by atoms with van der Waals surface area (Å²) in [6.07, 6.45) is 2.59. The second-order valence-electron chi connectivity index (χ2n) is 5.29. The molecule has 0 aliphatic carbocycles. The summed E-state index contributed by atoms with van der Waals surface area (Å²) < 4.78 is 11.5. The van der Waals surface area contributed by atoms with E-state index in [0.717, 1.165) is 0 Å². The zero-order chi connectivity index (χ0) is 12.6. The smallest absolute Gasteiger partial charge is 0.164 e. The molecule has 0 saturated carbocycles. The van der Waals surface area contributed by atoms with Crippen molar-refractivity contribution in [3.63, 3.8) is 0 Å². The van der Waals surface area contributed by atoms with Gasteiger partial charge in [-0.2, -0.15) is 0 Å². The van der Waals surface area contributed by atoms with Crippen molar-refractivity contribution in [1.29, 1.82) is 0 Å². The van der Waals surface area contributed by atoms with Crippen LogP contribution >= 0.6 is 0 Å². The normalized spacial score (nSPS) is 32.5. The number of ether oxygens (including phenoxy) is 2. The van der Waals surface area contributed by atoms with Crippen LogP contribution in [0.15, 0.2) is 11.6 Å². The fourth-order valence-corrected chi connectivity index (χ4v) is 1.97. The fraction of sp³-hybridized carbons (Fsp3) is 0.769. The molecule has 0 aromatic rings. The molecule has 1 aliphatic heterocycles. The number of rotatable bonds is 3. The molecule has 1 unspecified atom stereocenters. The third-order valence-electron chi connectivity index (χ3n) is 2.94. The van der Waals surface area contributed by atoms with Crippen LogP contribution in [-0.2, 0) is 14.3 Å². The molecule has 1 fully saturated rings. The highest BCUT2D eigenvalue weighted by molar-refractivity contribution is 5.85. The van der Waals surface area contributed by atoms with Crippen molar-refractivity contribution in [2.75, 3.05) is 0 Å². The Kier molecular flexibility index (Phi) is 3.60. The SMILES string of the molecule is CC(=O)C1(C)OC(C)(C)O[C@H]1CC=C(C)C. The van der Waals surface area contributed by atoms with Crippen molar-refractivity contribution in [2.24, 2.45) is 0 Å². The van der Waals surface area contributed by atoms with Crippen molar-refractivity contribution >= 4 is 5.78 Å². The van der Waals surface area contributed by atoms with Crippen LogP contribution in [0.5, 0.6) is 0 Å². The Morgan fingerprint density at radius 3 is 2.25 bits per heavy atom. The first-order valence-electron chi connectivity index (χ1n) is 5.70. The average Bonchev–Trinajstić information content (AvgIpc) is 2.34. The molecule has 3 heteroatoms. The summed E-state index contributed by atoms with van der Waals surface area (Å²) >= 11 is 0. The number of hydrogen-bond donors (Lipinski definition) is 0. The van der Waals surface area contributed by atoms with Gasteiger partial charge in [0, 0.05) is 0 Å². The van der Waals surface area contributed by atoms with Crippen molar-refractivity contribution in [3.8, 4) is 0 Å². The van der Waals surface area contributed by atoms with Gasteiger partial charge in [-0.1, -0.05) is 11.6 Å². The maximum atomic E-state index is 11.7. The Bertz CT molecular complexity index is 313. The van der Waals surface area contributed by atoms with Crippen molar-refractivity contribution in [1.82, 2.24) is 0 Å². The maximum absolute atomic E-state index is 11.7. The van der Waals surface area contributed by atoms with E-state index in [1.807, 2.05) is 34.6 Å². The number of carbonyl (C=O) groups is 1. The van der Waals surface area contributed by atoms with Gasteiger partial charge in [-0.3, -0.25) is 4.79 Å². The van der Waals surface area contributed by atoms with Crippen LogP contribution in [0.2, 0.25) is 0 Å². The summed E-state index contributed by atoms with van der Waals surface area (Å²) in [4.78, 5) is 11.7. The van der Waals surface area contributed by atoms with E-state index in [9.17, 15) is 4.79 Å². The predicted octanol–water partition coefficient (Wildman–Crippen LogP) is 2.84. The average molecular weight is 226 g/mol. The van der Waals surface area contributed by atoms with E-state index in [4.69, 9.17) is 9.47 Å². The Balaban J connectivity index is 2.89. The van der Waals surface area contributed by atoms with E-state index in [1.54, 1.807) is 6.92 Å². The van der Waals surface area contributed by atoms with E-state index in [1.165, 1.54) is 5.57 Å². The number of ketones is 1. The Labute approximate surface area is 97.8 Å². The van der Waals surface area contributed by atoms with Gasteiger partial charge in [-0.05, 0) is 48.0 Å². The van der Waals surface area contributed by atoms with Crippen molar-refractivity contribution in [2.45, 2.75) is 65.5 Å². The molecule has 0 spiro atoms. The molecule has 1 heterocycles. The van der Waals surface area contributed by atoms with Gasteiger partial charge < -0.3 is 9.47 Å². The third kappa shape index (κ3) is 2.71. The first-order valence-corrected chi connectivity index (χ1v) is 5.70. The largest absolute Gasteiger partial charge is 0.343 e. The van der Waals surface area contributed by atoms with Crippen molar-refractivity contribution < 1.29 is 14.3 Å². The first-order chi connectivity index (χ1) is 7.17. The molecule has 92 valence electrons. The summed E-state index contributed by atoms with van der Waals surface area (Å²) in [6.45, 7) is 11.1. The van der Waals surface area contributed by atoms with Gasteiger partial charge in [0.05, 0.1) is 0 Å². The van der Waals surface area contributed by atoms with Crippen LogP contribution < -0.4 is 0 Å². The van der Waals surface area contributed by atoms with E-state index >= 15 is 0 Å². The van der Waals surface area contributed by atoms with Crippen LogP contribution in [0.25, 0.3) is 0 Å². The van der Waals surface area contributed by atoms with Gasteiger partial charge in [0.15, 0.2) is 17.2 Å². The molecule has 3 nitrogen and oxygen atoms in total. The van der Waals surface area contributed by atoms with Crippen LogP contribution in [0.4, 0.5) is 0 Å². The molecular weight excluding hydrogens is 204 g/mol. The second-order valence-corrected chi connectivity index (χ2v) is 5.29. The minimum absolute atomic E-state index is 0.0187. The standard InChI is InChI=1S/C13H22O3/c1-9(2)7-8-11-13(6,10(3)14)16-12(4,5)15-11/h7,11H,8H2,1-6H3/t11-,13?/m0/s1. The molecule has 0 amide bonds. The summed E-state index contributed by atoms with van der Waals surface area (Å²) in [5.41, 5.74) is 0.398. The van der Waals surface area contributed by atoms with E-state index in [2.05, 4.69) is 6.08 Å². The highest BCUT2D eigenvalue weighted by Crippen LogP contribution is 2.38. The topological polar surface area (TPSA) is 35.5 Å². The molecular formula is C13H22O3. The quantitative estimate of drug-likeness (QED) is 0.694. The Morgan fingerprint density at radius 1 is 1.25 bits per heavy atom. The number of Topliss-reactive ketones (excluding diaryl/α,β-unsaturated/α-hetero) is 1. The monoisotopic (exact) mass is 226 g/mol. The summed E-state index contributed by atoms with van der Waals surface area (Å²) in [7, 11) is 0. The molecule has 0 aromatic heterocycles. The van der Waals surface area contributed by atoms with Gasteiger partial charge in [-0.25, -0.2) is 0 Å². The summed E-state index contributed by atoms with van der Waals surface area (Å²) in [6, 6.07) is 0. The van der Waals surface area contributed by atoms with Gasteiger partial charge in [-0.15, -0.1) is 0 Å². The maximum Gasteiger partial charge on any atom is 0.164 e. The number of hydrogen-bond acceptors (Lipinski definition) is 3. The highest BCUT2D eigenvalue weighted by atomic mass is 16.8. The molecule has 1 rings (SSSR count). The van der Waals surface area contributed by atoms with Gasteiger partial charge >= 0.3 is 0 Å². The Hall–Kier alpha value is -0.670. The molecule has 1 saturated heterocycles. The summed E-state index contributed by atoms with van der Waals surface area (Å²) in [5.74, 6) is -0.661. The molecule has 0 aromatic carbocycles. The van der Waals surface area contributed by atoms with E-state index in [-0.39, 0.29) is 11.9 Å². The molecule has 0 bridgehead atoms. The van der Waals surface area contributed by atoms with Gasteiger partial charge in [0.1, 0.15) is 6.10 Å². The molecule has 1 aliphatic rings. The lowest BCUT2D eigenvalue weighted by atomic mass is 9.92. The molecule has 0 N–H and O–H groups in total. The lowest BCUT2D eigenvalue weighted by Crippen LogP contribution is -2.43. The number of allylic oxidation sites excluding steroid dienone is 1. The van der Waals surface area contributed by atoms with E-state index in [0.29, 0.717) is 6.42 Å². The molecule has 0 radical (unpaired) electrons. The fourth-order valence-electron chi connectivity index (χ4n) is 1.97. The zero-order valence-electron chi connectivity index (χ0n) is 11.1. The van der Waals surface area contributed by atoms with Crippen LogP contribution in [0.1, 0.15) is 48.0 Å². The second kappa shape index (κ2) is 4.30. The zero-order valence-corrected chi connectivity index (χ0v) is 11.1.